The van der Waals surface area contributed by atoms with Gasteiger partial charge in [-0.3, -0.25) is 9.59 Å². The fourth-order valence-corrected chi connectivity index (χ4v) is 8.28. The van der Waals surface area contributed by atoms with E-state index in [1.165, 1.54) is 57.8 Å². The van der Waals surface area contributed by atoms with E-state index in [0.717, 1.165) is 96.3 Å². The topological polar surface area (TPSA) is 231 Å². The Hall–Kier alpha value is -2.54. The lowest BCUT2D eigenvalue weighted by molar-refractivity contribution is -0.332. The van der Waals surface area contributed by atoms with Crippen LogP contribution in [0, 0.1) is 0 Å². The maximum absolute atomic E-state index is 13.0. The van der Waals surface area contributed by atoms with Crippen LogP contribution in [0.5, 0.6) is 0 Å². The summed E-state index contributed by atoms with van der Waals surface area (Å²) >= 11 is 0. The number of carbonyl (C=O) groups is 2. The van der Waals surface area contributed by atoms with Crippen molar-refractivity contribution in [3.8, 4) is 0 Å². The van der Waals surface area contributed by atoms with E-state index in [-0.39, 0.29) is 26.1 Å². The number of rotatable bonds is 42. The Bertz CT molecular complexity index is 1400. The highest BCUT2D eigenvalue weighted by atomic mass is 16.7. The smallest absolute Gasteiger partial charge is 0.306 e. The van der Waals surface area contributed by atoms with Gasteiger partial charge in [-0.1, -0.05) is 152 Å². The molecule has 11 unspecified atom stereocenters. The van der Waals surface area contributed by atoms with E-state index >= 15 is 0 Å². The van der Waals surface area contributed by atoms with Crippen molar-refractivity contribution in [2.45, 2.75) is 261 Å². The third kappa shape index (κ3) is 29.2. The van der Waals surface area contributed by atoms with E-state index in [9.17, 15) is 45.3 Å². The molecule has 0 amide bonds. The first-order valence-corrected chi connectivity index (χ1v) is 27.2. The van der Waals surface area contributed by atoms with Crippen LogP contribution in [-0.2, 0) is 38.0 Å². The molecule has 2 rings (SSSR count). The number of aliphatic hydroxyl groups is 7. The van der Waals surface area contributed by atoms with E-state index < -0.39 is 92.7 Å². The second kappa shape index (κ2) is 41.9. The first kappa shape index (κ1) is 63.6. The van der Waals surface area contributed by atoms with Crippen LogP contribution in [0.15, 0.2) is 48.6 Å². The van der Waals surface area contributed by atoms with Gasteiger partial charge in [0.2, 0.25) is 0 Å². The number of unbranched alkanes of at least 4 members (excludes halogenated alkanes) is 20. The zero-order valence-corrected chi connectivity index (χ0v) is 43.0. The summed E-state index contributed by atoms with van der Waals surface area (Å²) in [6.45, 7) is 2.53. The van der Waals surface area contributed by atoms with Gasteiger partial charge >= 0.3 is 11.9 Å². The van der Waals surface area contributed by atoms with Gasteiger partial charge in [0.25, 0.3) is 0 Å². The summed E-state index contributed by atoms with van der Waals surface area (Å²) in [7, 11) is 0. The molecular weight excluding hydrogens is 901 g/mol. The predicted octanol–water partition coefficient (Wildman–Crippen LogP) is 8.27. The molecule has 7 N–H and O–H groups in total. The highest BCUT2D eigenvalue weighted by Crippen LogP contribution is 2.26. The van der Waals surface area contributed by atoms with Gasteiger partial charge in [-0.15, -0.1) is 0 Å². The van der Waals surface area contributed by atoms with E-state index in [1.54, 1.807) is 0 Å². The van der Waals surface area contributed by atoms with Crippen LogP contribution in [0.3, 0.4) is 0 Å². The Morgan fingerprint density at radius 2 is 0.857 bits per heavy atom. The number of allylic oxidation sites excluding steroid dienone is 8. The summed E-state index contributed by atoms with van der Waals surface area (Å²) in [4.78, 5) is 25.8. The Labute approximate surface area is 420 Å². The van der Waals surface area contributed by atoms with Gasteiger partial charge in [0.1, 0.15) is 55.4 Å². The average Bonchev–Trinajstić information content (AvgIpc) is 3.35. The normalized spacial score (nSPS) is 25.7. The molecule has 2 heterocycles. The van der Waals surface area contributed by atoms with Crippen molar-refractivity contribution in [3.05, 3.63) is 48.6 Å². The van der Waals surface area contributed by atoms with Gasteiger partial charge in [0, 0.05) is 12.8 Å². The van der Waals surface area contributed by atoms with Crippen molar-refractivity contribution in [1.29, 1.82) is 0 Å². The molecule has 2 aliphatic rings. The molecule has 15 nitrogen and oxygen atoms in total. The van der Waals surface area contributed by atoms with Crippen molar-refractivity contribution in [2.24, 2.45) is 0 Å². The molecule has 2 saturated heterocycles. The van der Waals surface area contributed by atoms with Gasteiger partial charge < -0.3 is 64.2 Å². The minimum absolute atomic E-state index is 0.153. The fraction of sp³-hybridized carbons (Fsp3) is 0.818. The summed E-state index contributed by atoms with van der Waals surface area (Å²) in [6, 6.07) is 0. The first-order valence-electron chi connectivity index (χ1n) is 27.2. The predicted molar refractivity (Wildman–Crippen MR) is 270 cm³/mol. The lowest BCUT2D eigenvalue weighted by atomic mass is 9.98. The fourth-order valence-electron chi connectivity index (χ4n) is 8.28. The molecule has 0 radical (unpaired) electrons. The molecule has 15 heteroatoms. The van der Waals surface area contributed by atoms with Crippen molar-refractivity contribution >= 4 is 11.9 Å². The monoisotopic (exact) mass is 997 g/mol. The van der Waals surface area contributed by atoms with Crippen molar-refractivity contribution in [1.82, 2.24) is 0 Å². The molecule has 0 saturated carbocycles. The second-order valence-corrected chi connectivity index (χ2v) is 19.0. The molecule has 0 aromatic carbocycles. The second-order valence-electron chi connectivity index (χ2n) is 19.0. The molecule has 70 heavy (non-hydrogen) atoms. The van der Waals surface area contributed by atoms with Crippen molar-refractivity contribution in [3.63, 3.8) is 0 Å². The molecule has 2 aliphatic heterocycles. The van der Waals surface area contributed by atoms with Crippen LogP contribution in [-0.4, -0.2) is 142 Å². The highest BCUT2D eigenvalue weighted by Gasteiger charge is 2.47. The molecule has 0 spiro atoms. The van der Waals surface area contributed by atoms with Crippen LogP contribution in [0.25, 0.3) is 0 Å². The largest absolute Gasteiger partial charge is 0.462 e. The van der Waals surface area contributed by atoms with Crippen molar-refractivity contribution in [2.75, 3.05) is 26.4 Å². The summed E-state index contributed by atoms with van der Waals surface area (Å²) in [5.41, 5.74) is 0. The molecule has 0 aromatic rings. The summed E-state index contributed by atoms with van der Waals surface area (Å²) < 4.78 is 33.6. The number of ether oxygens (including phenoxy) is 6. The number of esters is 2. The lowest BCUT2D eigenvalue weighted by Crippen LogP contribution is -2.61. The minimum atomic E-state index is -1.77. The molecule has 406 valence electrons. The summed E-state index contributed by atoms with van der Waals surface area (Å²) in [5.74, 6) is -0.942. The Balaban J connectivity index is 1.79. The number of carbonyl (C=O) groups excluding carboxylic acids is 2. The molecule has 11 atom stereocenters. The molecular formula is C55H96O15. The summed E-state index contributed by atoms with van der Waals surface area (Å²) in [6.07, 6.45) is 29.8. The average molecular weight is 997 g/mol. The van der Waals surface area contributed by atoms with E-state index in [1.807, 2.05) is 0 Å². The Morgan fingerprint density at radius 3 is 1.33 bits per heavy atom. The summed E-state index contributed by atoms with van der Waals surface area (Å²) in [5, 5.41) is 72.2. The van der Waals surface area contributed by atoms with E-state index in [4.69, 9.17) is 28.4 Å². The third-order valence-electron chi connectivity index (χ3n) is 12.8. The molecule has 2 fully saturated rings. The highest BCUT2D eigenvalue weighted by molar-refractivity contribution is 5.70. The molecule has 0 aromatic heterocycles. The van der Waals surface area contributed by atoms with Crippen LogP contribution in [0.2, 0.25) is 0 Å². The minimum Gasteiger partial charge on any atom is -0.462 e. The lowest BCUT2D eigenvalue weighted by Gasteiger charge is -2.42. The zero-order valence-electron chi connectivity index (χ0n) is 43.0. The maximum atomic E-state index is 13.0. The Kier molecular flexibility index (Phi) is 38.0. The van der Waals surface area contributed by atoms with E-state index in [0.29, 0.717) is 12.8 Å². The Morgan fingerprint density at radius 1 is 0.457 bits per heavy atom. The number of aliphatic hydroxyl groups excluding tert-OH is 7. The van der Waals surface area contributed by atoms with Crippen molar-refractivity contribution < 1.29 is 73.8 Å². The number of hydrogen-bond acceptors (Lipinski definition) is 15. The zero-order chi connectivity index (χ0) is 51.0. The maximum Gasteiger partial charge on any atom is 0.306 e. The number of hydrogen-bond donors (Lipinski definition) is 7. The van der Waals surface area contributed by atoms with Gasteiger partial charge in [-0.25, -0.2) is 0 Å². The van der Waals surface area contributed by atoms with Crippen LogP contribution >= 0.6 is 0 Å². The molecule has 0 bridgehead atoms. The van der Waals surface area contributed by atoms with Gasteiger partial charge in [0.05, 0.1) is 19.8 Å². The van der Waals surface area contributed by atoms with Gasteiger partial charge in [0.15, 0.2) is 18.7 Å². The van der Waals surface area contributed by atoms with Gasteiger partial charge in [-0.05, 0) is 77.0 Å². The van der Waals surface area contributed by atoms with Crippen LogP contribution in [0.1, 0.15) is 194 Å². The van der Waals surface area contributed by atoms with Crippen LogP contribution < -0.4 is 0 Å². The van der Waals surface area contributed by atoms with Crippen LogP contribution in [0.4, 0.5) is 0 Å². The standard InChI is InChI=1S/C55H96O15/c1-3-5-7-9-11-13-15-17-19-21-23-25-27-29-31-33-35-37-46(57)65-40-43(68-47(58)38-36-34-32-30-28-26-24-22-20-18-16-14-12-10-8-6-4-2)41-66-54-53(64)51(62)49(60)45(70-54)42-67-55-52(63)50(61)48(59)44(39-56)69-55/h11-14,17-20,43-45,48-56,59-64H,3-10,15-16,21-42H2,1-2H3/b13-11-,14-12-,19-17-,20-18-. The molecule has 0 aliphatic carbocycles. The quantitative estimate of drug-likeness (QED) is 0.0173. The SMILES string of the molecule is CCCCC/C=C\C/C=C\CCCCCCCCCC(=O)OCC(COC1OC(COC2OC(CO)C(O)C(O)C2O)C(O)C(O)C1O)OC(=O)CCCCCCCCC/C=C\C/C=C\CCCCC. The van der Waals surface area contributed by atoms with E-state index in [2.05, 4.69) is 62.5 Å². The third-order valence-corrected chi connectivity index (χ3v) is 12.8. The first-order chi connectivity index (χ1) is 34.0. The van der Waals surface area contributed by atoms with Gasteiger partial charge in [-0.2, -0.15) is 0 Å².